The number of hydrogen-bond donors (Lipinski definition) is 0. The highest BCUT2D eigenvalue weighted by molar-refractivity contribution is 5.44. The van der Waals surface area contributed by atoms with Crippen molar-refractivity contribution in [2.24, 2.45) is 0 Å². The molecule has 18 heavy (non-hydrogen) atoms. The minimum Gasteiger partial charge on any atom is -0.493 e. The van der Waals surface area contributed by atoms with Crippen molar-refractivity contribution in [1.82, 2.24) is 4.98 Å². The summed E-state index contributed by atoms with van der Waals surface area (Å²) in [5, 5.41) is 8.72. The number of pyridine rings is 1. The summed E-state index contributed by atoms with van der Waals surface area (Å²) in [6, 6.07) is 8.94. The summed E-state index contributed by atoms with van der Waals surface area (Å²) in [7, 11) is 1.47. The van der Waals surface area contributed by atoms with Gasteiger partial charge in [0.15, 0.2) is 11.5 Å². The average Bonchev–Trinajstić information content (AvgIpc) is 2.41. The zero-order valence-corrected chi connectivity index (χ0v) is 9.55. The maximum absolute atomic E-state index is 12.7. The molecule has 0 spiro atoms. The number of nitrogens with zero attached hydrogens (tertiary/aromatic N) is 2. The normalized spacial score (nSPS) is 9.61. The van der Waals surface area contributed by atoms with E-state index in [1.165, 1.54) is 43.6 Å². The van der Waals surface area contributed by atoms with Crippen molar-refractivity contribution in [2.75, 3.05) is 7.11 Å². The molecule has 90 valence electrons. The molecule has 0 radical (unpaired) electrons. The van der Waals surface area contributed by atoms with Gasteiger partial charge in [0.25, 0.3) is 0 Å². The molecule has 0 aliphatic rings. The van der Waals surface area contributed by atoms with Gasteiger partial charge in [-0.05, 0) is 24.3 Å². The maximum Gasteiger partial charge on any atom is 0.187 e. The van der Waals surface area contributed by atoms with E-state index in [0.29, 0.717) is 17.2 Å². The molecular weight excluding hydrogens is 235 g/mol. The molecule has 0 atom stereocenters. The lowest BCUT2D eigenvalue weighted by atomic mass is 10.3. The summed E-state index contributed by atoms with van der Waals surface area (Å²) in [6.07, 6.45) is 1.39. The van der Waals surface area contributed by atoms with Crippen molar-refractivity contribution >= 4 is 0 Å². The molecule has 0 aliphatic carbocycles. The molecule has 1 heterocycles. The highest BCUT2D eigenvalue weighted by Gasteiger charge is 2.08. The van der Waals surface area contributed by atoms with Gasteiger partial charge in [-0.1, -0.05) is 0 Å². The van der Waals surface area contributed by atoms with Crippen molar-refractivity contribution < 1.29 is 13.9 Å². The summed E-state index contributed by atoms with van der Waals surface area (Å²) in [6.45, 7) is 0. The molecule has 0 N–H and O–H groups in total. The number of hydrogen-bond acceptors (Lipinski definition) is 4. The number of nitriles is 1. The molecule has 0 unspecified atom stereocenters. The quantitative estimate of drug-likeness (QED) is 0.833. The Balaban J connectivity index is 2.29. The first-order valence-electron chi connectivity index (χ1n) is 5.10. The first-order chi connectivity index (χ1) is 8.72. The maximum atomic E-state index is 12.7. The van der Waals surface area contributed by atoms with E-state index in [1.807, 2.05) is 6.07 Å². The summed E-state index contributed by atoms with van der Waals surface area (Å²) in [5.74, 6) is 0.877. The fraction of sp³-hybridized carbons (Fsp3) is 0.0769. The molecule has 0 saturated heterocycles. The van der Waals surface area contributed by atoms with Gasteiger partial charge in [-0.2, -0.15) is 5.26 Å². The van der Waals surface area contributed by atoms with E-state index >= 15 is 0 Å². The van der Waals surface area contributed by atoms with Crippen molar-refractivity contribution in [2.45, 2.75) is 0 Å². The minimum atomic E-state index is -0.340. The Bertz CT molecular complexity index is 591. The standard InChI is InChI=1S/C13H9FN2O2/c1-17-12-6-10(7-15)16-8-13(12)18-11-4-2-9(14)3-5-11/h2-6,8H,1H3. The zero-order valence-electron chi connectivity index (χ0n) is 9.55. The van der Waals surface area contributed by atoms with E-state index in [1.54, 1.807) is 0 Å². The van der Waals surface area contributed by atoms with E-state index in [9.17, 15) is 4.39 Å². The molecule has 0 amide bonds. The molecule has 1 aromatic carbocycles. The lowest BCUT2D eigenvalue weighted by molar-refractivity contribution is 0.377. The number of methoxy groups -OCH3 is 1. The Morgan fingerprint density at radius 3 is 2.56 bits per heavy atom. The van der Waals surface area contributed by atoms with Crippen LogP contribution in [0.2, 0.25) is 0 Å². The van der Waals surface area contributed by atoms with Crippen LogP contribution in [0, 0.1) is 17.1 Å². The van der Waals surface area contributed by atoms with Gasteiger partial charge >= 0.3 is 0 Å². The second-order valence-electron chi connectivity index (χ2n) is 3.39. The van der Waals surface area contributed by atoms with Crippen molar-refractivity contribution in [3.05, 3.63) is 48.0 Å². The van der Waals surface area contributed by atoms with Gasteiger partial charge in [0, 0.05) is 6.07 Å². The molecule has 2 aromatic rings. The average molecular weight is 244 g/mol. The van der Waals surface area contributed by atoms with Gasteiger partial charge in [-0.25, -0.2) is 9.37 Å². The van der Waals surface area contributed by atoms with Gasteiger partial charge in [0.2, 0.25) is 0 Å². The van der Waals surface area contributed by atoms with Crippen LogP contribution in [0.15, 0.2) is 36.5 Å². The second kappa shape index (κ2) is 5.15. The van der Waals surface area contributed by atoms with E-state index in [0.717, 1.165) is 0 Å². The number of benzene rings is 1. The highest BCUT2D eigenvalue weighted by atomic mass is 19.1. The van der Waals surface area contributed by atoms with Crippen molar-refractivity contribution in [1.29, 1.82) is 5.26 Å². The molecular formula is C13H9FN2O2. The van der Waals surface area contributed by atoms with Crippen LogP contribution < -0.4 is 9.47 Å². The topological polar surface area (TPSA) is 55.1 Å². The van der Waals surface area contributed by atoms with E-state index in [2.05, 4.69) is 4.98 Å². The van der Waals surface area contributed by atoms with E-state index < -0.39 is 0 Å². The second-order valence-corrected chi connectivity index (χ2v) is 3.39. The summed E-state index contributed by atoms with van der Waals surface area (Å²) >= 11 is 0. The predicted molar refractivity (Wildman–Crippen MR) is 62.0 cm³/mol. The summed E-state index contributed by atoms with van der Waals surface area (Å²) < 4.78 is 23.3. The number of ether oxygens (including phenoxy) is 2. The molecule has 1 aromatic heterocycles. The number of rotatable bonds is 3. The molecule has 0 aliphatic heterocycles. The summed E-state index contributed by atoms with van der Waals surface area (Å²) in [4.78, 5) is 3.88. The van der Waals surface area contributed by atoms with Crippen LogP contribution >= 0.6 is 0 Å². The molecule has 5 heteroatoms. The van der Waals surface area contributed by atoms with Gasteiger partial charge in [-0.3, -0.25) is 0 Å². The molecule has 4 nitrogen and oxygen atoms in total. The third-order valence-electron chi connectivity index (χ3n) is 2.21. The Kier molecular flexibility index (Phi) is 3.39. The minimum absolute atomic E-state index is 0.235. The molecule has 0 bridgehead atoms. The van der Waals surface area contributed by atoms with Crippen LogP contribution in [-0.2, 0) is 0 Å². The highest BCUT2D eigenvalue weighted by Crippen LogP contribution is 2.30. The van der Waals surface area contributed by atoms with Crippen LogP contribution in [-0.4, -0.2) is 12.1 Å². The van der Waals surface area contributed by atoms with Gasteiger partial charge < -0.3 is 9.47 Å². The first-order valence-corrected chi connectivity index (χ1v) is 5.10. The van der Waals surface area contributed by atoms with Crippen LogP contribution in [0.4, 0.5) is 4.39 Å². The van der Waals surface area contributed by atoms with Crippen molar-refractivity contribution in [3.63, 3.8) is 0 Å². The lowest BCUT2D eigenvalue weighted by Crippen LogP contribution is -1.93. The molecule has 0 fully saturated rings. The van der Waals surface area contributed by atoms with Gasteiger partial charge in [0.05, 0.1) is 13.3 Å². The predicted octanol–water partition coefficient (Wildman–Crippen LogP) is 2.89. The van der Waals surface area contributed by atoms with E-state index in [4.69, 9.17) is 14.7 Å². The Labute approximate surface area is 103 Å². The fourth-order valence-corrected chi connectivity index (χ4v) is 1.35. The van der Waals surface area contributed by atoms with Gasteiger partial charge in [0.1, 0.15) is 23.3 Å². The largest absolute Gasteiger partial charge is 0.493 e. The Morgan fingerprint density at radius 1 is 1.22 bits per heavy atom. The van der Waals surface area contributed by atoms with Crippen LogP contribution in [0.25, 0.3) is 0 Å². The first kappa shape index (κ1) is 11.9. The van der Waals surface area contributed by atoms with Crippen LogP contribution in [0.1, 0.15) is 5.69 Å². The third kappa shape index (κ3) is 2.55. The SMILES string of the molecule is COc1cc(C#N)ncc1Oc1ccc(F)cc1. The zero-order chi connectivity index (χ0) is 13.0. The monoisotopic (exact) mass is 244 g/mol. The number of aromatic nitrogens is 1. The van der Waals surface area contributed by atoms with Crippen molar-refractivity contribution in [3.8, 4) is 23.3 Å². The summed E-state index contributed by atoms with van der Waals surface area (Å²) in [5.41, 5.74) is 0.235. The van der Waals surface area contributed by atoms with E-state index in [-0.39, 0.29) is 11.5 Å². The molecule has 0 saturated carbocycles. The van der Waals surface area contributed by atoms with Crippen LogP contribution in [0.3, 0.4) is 0 Å². The fourth-order valence-electron chi connectivity index (χ4n) is 1.35. The smallest absolute Gasteiger partial charge is 0.187 e. The Hall–Kier alpha value is -2.61. The third-order valence-corrected chi connectivity index (χ3v) is 2.21. The Morgan fingerprint density at radius 2 is 1.94 bits per heavy atom. The lowest BCUT2D eigenvalue weighted by Gasteiger charge is -2.09. The molecule has 2 rings (SSSR count). The van der Waals surface area contributed by atoms with Gasteiger partial charge in [-0.15, -0.1) is 0 Å². The van der Waals surface area contributed by atoms with Crippen LogP contribution in [0.5, 0.6) is 17.2 Å². The number of halogens is 1.